The summed E-state index contributed by atoms with van der Waals surface area (Å²) in [6.07, 6.45) is 2.30. The van der Waals surface area contributed by atoms with Crippen LogP contribution in [0.1, 0.15) is 43.3 Å². The Morgan fingerprint density at radius 2 is 2.00 bits per heavy atom. The van der Waals surface area contributed by atoms with Gasteiger partial charge in [-0.15, -0.1) is 11.3 Å². The Hall–Kier alpha value is -1.43. The van der Waals surface area contributed by atoms with Gasteiger partial charge in [0.15, 0.2) is 5.75 Å². The molecule has 2 heterocycles. The van der Waals surface area contributed by atoms with Crippen molar-refractivity contribution in [2.75, 3.05) is 23.7 Å². The molecule has 0 radical (unpaired) electrons. The van der Waals surface area contributed by atoms with Crippen LogP contribution in [0.15, 0.2) is 0 Å². The van der Waals surface area contributed by atoms with Gasteiger partial charge in [0.25, 0.3) is 5.91 Å². The molecule has 1 fully saturated rings. The van der Waals surface area contributed by atoms with Gasteiger partial charge in [0, 0.05) is 13.1 Å². The summed E-state index contributed by atoms with van der Waals surface area (Å²) in [6.45, 7) is 8.09. The second-order valence-electron chi connectivity index (χ2n) is 5.68. The monoisotopic (exact) mass is 297 g/mol. The van der Waals surface area contributed by atoms with E-state index in [1.807, 2.05) is 13.8 Å². The van der Waals surface area contributed by atoms with Crippen LogP contribution in [0.25, 0.3) is 0 Å². The number of hydrogen-bond acceptors (Lipinski definition) is 5. The van der Waals surface area contributed by atoms with Gasteiger partial charge in [0.05, 0.1) is 6.10 Å². The van der Waals surface area contributed by atoms with E-state index in [9.17, 15) is 4.79 Å². The summed E-state index contributed by atoms with van der Waals surface area (Å²) in [6, 6.07) is 0. The molecule has 0 aromatic carbocycles. The zero-order valence-electron chi connectivity index (χ0n) is 12.3. The number of hydrogen-bond donors (Lipinski definition) is 2. The predicted molar refractivity (Wildman–Crippen MR) is 83.6 cm³/mol. The number of carbonyl (C=O) groups excluding carboxylic acids is 1. The molecule has 2 rings (SSSR count). The van der Waals surface area contributed by atoms with Crippen LogP contribution in [0.5, 0.6) is 5.75 Å². The van der Waals surface area contributed by atoms with Crippen LogP contribution in [-0.2, 0) is 0 Å². The van der Waals surface area contributed by atoms with Gasteiger partial charge in [-0.2, -0.15) is 0 Å². The molecule has 1 aliphatic heterocycles. The maximum Gasteiger partial charge on any atom is 0.261 e. The third-order valence-corrected chi connectivity index (χ3v) is 4.79. The third kappa shape index (κ3) is 3.00. The normalized spacial score (nSPS) is 16.7. The van der Waals surface area contributed by atoms with Crippen molar-refractivity contribution < 1.29 is 9.53 Å². The van der Waals surface area contributed by atoms with Crippen molar-refractivity contribution in [1.29, 1.82) is 0 Å². The molecule has 0 aliphatic carbocycles. The zero-order valence-corrected chi connectivity index (χ0v) is 13.1. The summed E-state index contributed by atoms with van der Waals surface area (Å²) in [4.78, 5) is 14.1. The van der Waals surface area contributed by atoms with Crippen LogP contribution in [0.2, 0.25) is 0 Å². The first kappa shape index (κ1) is 15.0. The average molecular weight is 297 g/mol. The molecule has 1 aliphatic rings. The lowest BCUT2D eigenvalue weighted by Gasteiger charge is -2.31. The van der Waals surface area contributed by atoms with Crippen molar-refractivity contribution in [3.8, 4) is 5.75 Å². The van der Waals surface area contributed by atoms with E-state index < -0.39 is 5.91 Å². The van der Waals surface area contributed by atoms with Crippen molar-refractivity contribution in [2.24, 2.45) is 11.7 Å². The molecular formula is C14H23N3O2S. The van der Waals surface area contributed by atoms with Crippen LogP contribution in [-0.4, -0.2) is 25.1 Å². The quantitative estimate of drug-likeness (QED) is 0.894. The Labute approximate surface area is 123 Å². The Bertz CT molecular complexity index is 491. The van der Waals surface area contributed by atoms with Crippen molar-refractivity contribution in [1.82, 2.24) is 0 Å². The highest BCUT2D eigenvalue weighted by Crippen LogP contribution is 2.46. The molecule has 1 aromatic heterocycles. The average Bonchev–Trinajstić information content (AvgIpc) is 2.68. The lowest BCUT2D eigenvalue weighted by atomic mass is 9.99. The first-order chi connectivity index (χ1) is 9.40. The molecule has 1 amide bonds. The highest BCUT2D eigenvalue weighted by atomic mass is 32.1. The second-order valence-corrected chi connectivity index (χ2v) is 6.68. The van der Waals surface area contributed by atoms with E-state index in [1.54, 1.807) is 0 Å². The Morgan fingerprint density at radius 1 is 1.40 bits per heavy atom. The lowest BCUT2D eigenvalue weighted by Crippen LogP contribution is -2.32. The molecule has 5 nitrogen and oxygen atoms in total. The number of thiophene rings is 1. The minimum atomic E-state index is -0.488. The number of anilines is 2. The minimum Gasteiger partial charge on any atom is -0.486 e. The number of ether oxygens (including phenoxy) is 1. The van der Waals surface area contributed by atoms with Crippen molar-refractivity contribution in [3.63, 3.8) is 0 Å². The van der Waals surface area contributed by atoms with Crippen LogP contribution in [0.3, 0.4) is 0 Å². The topological polar surface area (TPSA) is 81.6 Å². The Kier molecular flexibility index (Phi) is 4.42. The van der Waals surface area contributed by atoms with Crippen molar-refractivity contribution in [3.05, 3.63) is 4.88 Å². The van der Waals surface area contributed by atoms with E-state index >= 15 is 0 Å². The number of carbonyl (C=O) groups is 1. The Morgan fingerprint density at radius 3 is 2.50 bits per heavy atom. The van der Waals surface area contributed by atoms with Crippen LogP contribution in [0.4, 0.5) is 10.7 Å². The summed E-state index contributed by atoms with van der Waals surface area (Å²) < 4.78 is 5.82. The van der Waals surface area contributed by atoms with E-state index in [4.69, 9.17) is 16.2 Å². The van der Waals surface area contributed by atoms with Gasteiger partial charge in [0.2, 0.25) is 0 Å². The molecule has 6 heteroatoms. The molecule has 0 bridgehead atoms. The number of amides is 1. The Balaban J connectivity index is 2.34. The second kappa shape index (κ2) is 5.91. The summed E-state index contributed by atoms with van der Waals surface area (Å²) >= 11 is 1.35. The summed E-state index contributed by atoms with van der Waals surface area (Å²) in [7, 11) is 0. The van der Waals surface area contributed by atoms with Crippen LogP contribution < -0.4 is 21.1 Å². The van der Waals surface area contributed by atoms with Gasteiger partial charge >= 0.3 is 0 Å². The molecule has 0 saturated carbocycles. The molecule has 1 aromatic rings. The molecule has 1 saturated heterocycles. The minimum absolute atomic E-state index is 0.00934. The number of nitrogens with two attached hydrogens (primary N) is 2. The molecule has 112 valence electrons. The van der Waals surface area contributed by atoms with Crippen molar-refractivity contribution in [2.45, 2.75) is 39.7 Å². The molecule has 0 atom stereocenters. The third-order valence-electron chi connectivity index (χ3n) is 3.53. The SMILES string of the molecule is CC1CCN(c2sc(C(N)=O)c(N)c2OC(C)C)CC1. The number of nitrogen functional groups attached to an aromatic ring is 1. The maximum absolute atomic E-state index is 11.5. The number of primary amides is 1. The van der Waals surface area contributed by atoms with Crippen LogP contribution >= 0.6 is 11.3 Å². The highest BCUT2D eigenvalue weighted by molar-refractivity contribution is 7.19. The van der Waals surface area contributed by atoms with Crippen molar-refractivity contribution >= 4 is 27.9 Å². The molecule has 0 spiro atoms. The van der Waals surface area contributed by atoms with E-state index in [1.165, 1.54) is 11.3 Å². The fourth-order valence-corrected chi connectivity index (χ4v) is 3.43. The number of nitrogens with zero attached hydrogens (tertiary/aromatic N) is 1. The van der Waals surface area contributed by atoms with E-state index in [-0.39, 0.29) is 6.10 Å². The summed E-state index contributed by atoms with van der Waals surface area (Å²) in [5, 5.41) is 0.942. The fourth-order valence-electron chi connectivity index (χ4n) is 2.37. The molecule has 4 N–H and O–H groups in total. The number of piperidine rings is 1. The smallest absolute Gasteiger partial charge is 0.261 e. The maximum atomic E-state index is 11.5. The molecule has 0 unspecified atom stereocenters. The first-order valence-corrected chi connectivity index (χ1v) is 7.85. The number of rotatable bonds is 4. The zero-order chi connectivity index (χ0) is 14.9. The molecular weight excluding hydrogens is 274 g/mol. The van der Waals surface area contributed by atoms with Gasteiger partial charge in [-0.25, -0.2) is 0 Å². The van der Waals surface area contributed by atoms with Gasteiger partial charge in [-0.1, -0.05) is 6.92 Å². The highest BCUT2D eigenvalue weighted by Gasteiger charge is 2.27. The first-order valence-electron chi connectivity index (χ1n) is 7.03. The summed E-state index contributed by atoms with van der Waals surface area (Å²) in [5.41, 5.74) is 11.8. The van der Waals surface area contributed by atoms with E-state index in [2.05, 4.69) is 11.8 Å². The summed E-state index contributed by atoms with van der Waals surface area (Å²) in [5.74, 6) is 0.875. The van der Waals surface area contributed by atoms with Crippen LogP contribution in [0, 0.1) is 5.92 Å². The predicted octanol–water partition coefficient (Wildman–Crippen LogP) is 2.45. The van der Waals surface area contributed by atoms with E-state index in [0.29, 0.717) is 16.3 Å². The standard InChI is InChI=1S/C14H23N3O2S/c1-8(2)19-11-10(15)12(13(16)18)20-14(11)17-6-4-9(3)5-7-17/h8-9H,4-7,15H2,1-3H3,(H2,16,18). The fraction of sp³-hybridized carbons (Fsp3) is 0.643. The van der Waals surface area contributed by atoms with E-state index in [0.717, 1.165) is 36.9 Å². The van der Waals surface area contributed by atoms with Gasteiger partial charge in [-0.3, -0.25) is 4.79 Å². The largest absolute Gasteiger partial charge is 0.486 e. The van der Waals surface area contributed by atoms with Gasteiger partial charge in [0.1, 0.15) is 15.6 Å². The van der Waals surface area contributed by atoms with Gasteiger partial charge < -0.3 is 21.1 Å². The van der Waals surface area contributed by atoms with Gasteiger partial charge in [-0.05, 0) is 32.6 Å². The lowest BCUT2D eigenvalue weighted by molar-refractivity contribution is 0.100. The molecule has 20 heavy (non-hydrogen) atoms.